The van der Waals surface area contributed by atoms with Gasteiger partial charge >= 0.3 is 12.1 Å². The Hall–Kier alpha value is -3.68. The molecule has 1 saturated carbocycles. The van der Waals surface area contributed by atoms with Crippen molar-refractivity contribution >= 4 is 23.8 Å². The summed E-state index contributed by atoms with van der Waals surface area (Å²) in [5.74, 6) is -1.57. The normalized spacial score (nSPS) is 18.4. The standard InChI is InChI=1S/C29H36N2O6/c1-29(2,3)37-28(36)30-18-19-12-14-22(15-13-19)26(33)31-24(27(34)35)17-20-8-7-11-23(16-20)25(32)21-9-5-4-6-10-21/h4-11,16,19,22,24H,12-15,17-18H2,1-3H3,(H,30,36)(H,31,33)(H,34,35). The highest BCUT2D eigenvalue weighted by Crippen LogP contribution is 2.29. The molecule has 0 saturated heterocycles. The Labute approximate surface area is 217 Å². The molecule has 2 aromatic carbocycles. The van der Waals surface area contributed by atoms with Crippen molar-refractivity contribution in [2.24, 2.45) is 11.8 Å². The molecule has 198 valence electrons. The van der Waals surface area contributed by atoms with Crippen LogP contribution in [-0.2, 0) is 20.7 Å². The summed E-state index contributed by atoms with van der Waals surface area (Å²) in [5.41, 5.74) is 1.13. The topological polar surface area (TPSA) is 122 Å². The van der Waals surface area contributed by atoms with Gasteiger partial charge in [-0.05, 0) is 64.0 Å². The molecule has 0 heterocycles. The molecule has 0 bridgehead atoms. The lowest BCUT2D eigenvalue weighted by Crippen LogP contribution is -2.46. The van der Waals surface area contributed by atoms with Gasteiger partial charge in [0.1, 0.15) is 11.6 Å². The van der Waals surface area contributed by atoms with E-state index >= 15 is 0 Å². The summed E-state index contributed by atoms with van der Waals surface area (Å²) in [6, 6.07) is 14.6. The second-order valence-corrected chi connectivity index (χ2v) is 10.6. The van der Waals surface area contributed by atoms with Crippen LogP contribution in [-0.4, -0.2) is 47.0 Å². The number of nitrogens with one attached hydrogen (secondary N) is 2. The number of carboxylic acids is 1. The van der Waals surface area contributed by atoms with Gasteiger partial charge in [-0.1, -0.05) is 48.5 Å². The molecule has 37 heavy (non-hydrogen) atoms. The maximum absolute atomic E-state index is 12.9. The van der Waals surface area contributed by atoms with Crippen molar-refractivity contribution < 1.29 is 29.0 Å². The van der Waals surface area contributed by atoms with Crippen LogP contribution in [0.5, 0.6) is 0 Å². The van der Waals surface area contributed by atoms with Crippen LogP contribution >= 0.6 is 0 Å². The fourth-order valence-electron chi connectivity index (χ4n) is 4.49. The van der Waals surface area contributed by atoms with Gasteiger partial charge in [0.2, 0.25) is 5.91 Å². The molecule has 0 spiro atoms. The highest BCUT2D eigenvalue weighted by molar-refractivity contribution is 6.09. The first-order chi connectivity index (χ1) is 17.5. The van der Waals surface area contributed by atoms with Crippen molar-refractivity contribution in [2.75, 3.05) is 6.54 Å². The maximum Gasteiger partial charge on any atom is 0.407 e. The lowest BCUT2D eigenvalue weighted by atomic mass is 9.81. The van der Waals surface area contributed by atoms with E-state index in [0.717, 1.165) is 12.8 Å². The Balaban J connectivity index is 1.52. The molecule has 2 amide bonds. The zero-order valence-corrected chi connectivity index (χ0v) is 21.7. The van der Waals surface area contributed by atoms with Gasteiger partial charge in [0, 0.05) is 30.0 Å². The zero-order chi connectivity index (χ0) is 27.0. The van der Waals surface area contributed by atoms with Gasteiger partial charge in [0.25, 0.3) is 0 Å². The van der Waals surface area contributed by atoms with E-state index in [0.29, 0.717) is 36.1 Å². The lowest BCUT2D eigenvalue weighted by molar-refractivity contribution is -0.142. The van der Waals surface area contributed by atoms with E-state index in [1.165, 1.54) is 0 Å². The van der Waals surface area contributed by atoms with E-state index < -0.39 is 23.7 Å². The molecule has 8 nitrogen and oxygen atoms in total. The summed E-state index contributed by atoms with van der Waals surface area (Å²) in [6.07, 6.45) is 2.39. The fraction of sp³-hybridized carbons (Fsp3) is 0.448. The van der Waals surface area contributed by atoms with Crippen LogP contribution in [0.2, 0.25) is 0 Å². The number of rotatable bonds is 9. The van der Waals surface area contributed by atoms with Gasteiger partial charge in [-0.25, -0.2) is 9.59 Å². The molecular weight excluding hydrogens is 472 g/mol. The van der Waals surface area contributed by atoms with E-state index in [2.05, 4.69) is 10.6 Å². The molecule has 1 aliphatic rings. The van der Waals surface area contributed by atoms with Crippen LogP contribution < -0.4 is 10.6 Å². The highest BCUT2D eigenvalue weighted by atomic mass is 16.6. The maximum atomic E-state index is 12.9. The van der Waals surface area contributed by atoms with Crippen molar-refractivity contribution in [3.63, 3.8) is 0 Å². The number of carboxylic acid groups (broad SMARTS) is 1. The van der Waals surface area contributed by atoms with Crippen LogP contribution in [0.25, 0.3) is 0 Å². The number of carbonyl (C=O) groups is 4. The first kappa shape index (κ1) is 27.9. The molecular formula is C29H36N2O6. The zero-order valence-electron chi connectivity index (χ0n) is 21.7. The van der Waals surface area contributed by atoms with Gasteiger partial charge < -0.3 is 20.5 Å². The van der Waals surface area contributed by atoms with Crippen LogP contribution in [0, 0.1) is 11.8 Å². The van der Waals surface area contributed by atoms with Crippen LogP contribution in [0.4, 0.5) is 4.79 Å². The Morgan fingerprint density at radius 3 is 2.22 bits per heavy atom. The van der Waals surface area contributed by atoms with Gasteiger partial charge in [-0.3, -0.25) is 9.59 Å². The third kappa shape index (κ3) is 8.74. The number of hydrogen-bond acceptors (Lipinski definition) is 5. The number of benzene rings is 2. The number of amides is 2. The number of aliphatic carboxylic acids is 1. The fourth-order valence-corrected chi connectivity index (χ4v) is 4.49. The van der Waals surface area contributed by atoms with Crippen LogP contribution in [0.15, 0.2) is 54.6 Å². The van der Waals surface area contributed by atoms with E-state index in [4.69, 9.17) is 4.74 Å². The smallest absolute Gasteiger partial charge is 0.407 e. The lowest BCUT2D eigenvalue weighted by Gasteiger charge is -2.29. The van der Waals surface area contributed by atoms with Gasteiger partial charge in [0.15, 0.2) is 5.78 Å². The molecule has 1 aliphatic carbocycles. The molecule has 0 aromatic heterocycles. The minimum atomic E-state index is -1.12. The van der Waals surface area contributed by atoms with Crippen LogP contribution in [0.1, 0.15) is 67.9 Å². The molecule has 2 aromatic rings. The van der Waals surface area contributed by atoms with Crippen LogP contribution in [0.3, 0.4) is 0 Å². The molecule has 1 unspecified atom stereocenters. The monoisotopic (exact) mass is 508 g/mol. The third-order valence-electron chi connectivity index (χ3n) is 6.43. The van der Waals surface area contributed by atoms with Gasteiger partial charge in [-0.2, -0.15) is 0 Å². The second kappa shape index (κ2) is 12.5. The average molecular weight is 509 g/mol. The summed E-state index contributed by atoms with van der Waals surface area (Å²) >= 11 is 0. The minimum absolute atomic E-state index is 0.0755. The van der Waals surface area contributed by atoms with Gasteiger partial charge in [0.05, 0.1) is 0 Å². The molecule has 0 aliphatic heterocycles. The molecule has 3 N–H and O–H groups in total. The molecule has 0 radical (unpaired) electrons. The Bertz CT molecular complexity index is 1100. The van der Waals surface area contributed by atoms with E-state index in [-0.39, 0.29) is 29.9 Å². The Kier molecular flexibility index (Phi) is 9.44. The van der Waals surface area contributed by atoms with Crippen molar-refractivity contribution in [3.8, 4) is 0 Å². The first-order valence-electron chi connectivity index (χ1n) is 12.7. The number of ketones is 1. The van der Waals surface area contributed by atoms with Crippen molar-refractivity contribution in [2.45, 2.75) is 64.5 Å². The van der Waals surface area contributed by atoms with Crippen molar-refractivity contribution in [3.05, 3.63) is 71.3 Å². The first-order valence-corrected chi connectivity index (χ1v) is 12.7. The predicted octanol–water partition coefficient (Wildman–Crippen LogP) is 4.36. The van der Waals surface area contributed by atoms with E-state index in [1.54, 1.807) is 48.5 Å². The number of carbonyl (C=O) groups excluding carboxylic acids is 3. The summed E-state index contributed by atoms with van der Waals surface area (Å²) in [6.45, 7) is 5.91. The molecule has 1 fully saturated rings. The SMILES string of the molecule is CC(C)(C)OC(=O)NCC1CCC(C(=O)NC(Cc2cccc(C(=O)c3ccccc3)c2)C(=O)O)CC1. The van der Waals surface area contributed by atoms with Crippen molar-refractivity contribution in [1.29, 1.82) is 0 Å². The minimum Gasteiger partial charge on any atom is -0.480 e. The van der Waals surface area contributed by atoms with E-state index in [1.807, 2.05) is 26.8 Å². The number of ether oxygens (including phenoxy) is 1. The van der Waals surface area contributed by atoms with E-state index in [9.17, 15) is 24.3 Å². The molecule has 3 rings (SSSR count). The Morgan fingerprint density at radius 2 is 1.59 bits per heavy atom. The summed E-state index contributed by atoms with van der Waals surface area (Å²) in [5, 5.41) is 15.2. The van der Waals surface area contributed by atoms with Gasteiger partial charge in [-0.15, -0.1) is 0 Å². The largest absolute Gasteiger partial charge is 0.480 e. The molecule has 1 atom stereocenters. The summed E-state index contributed by atoms with van der Waals surface area (Å²) in [4.78, 5) is 49.4. The Morgan fingerprint density at radius 1 is 0.946 bits per heavy atom. The quantitative estimate of drug-likeness (QED) is 0.433. The number of hydrogen-bond donors (Lipinski definition) is 3. The average Bonchev–Trinajstić information content (AvgIpc) is 2.86. The summed E-state index contributed by atoms with van der Waals surface area (Å²) < 4.78 is 5.26. The highest BCUT2D eigenvalue weighted by Gasteiger charge is 2.30. The molecule has 8 heteroatoms. The third-order valence-corrected chi connectivity index (χ3v) is 6.43. The van der Waals surface area contributed by atoms with Crippen molar-refractivity contribution in [1.82, 2.24) is 10.6 Å². The number of alkyl carbamates (subject to hydrolysis) is 1. The second-order valence-electron chi connectivity index (χ2n) is 10.6. The summed E-state index contributed by atoms with van der Waals surface area (Å²) in [7, 11) is 0. The predicted molar refractivity (Wildman–Crippen MR) is 139 cm³/mol.